The van der Waals surface area contributed by atoms with E-state index >= 15 is 0 Å². The molecular formula is C26H20F6. The number of halogens is 6. The van der Waals surface area contributed by atoms with E-state index in [-0.39, 0.29) is 11.1 Å². The first-order chi connectivity index (χ1) is 15.1. The number of hydrogen-bond acceptors (Lipinski definition) is 0. The van der Waals surface area contributed by atoms with Crippen LogP contribution in [-0.2, 0) is 0 Å². The van der Waals surface area contributed by atoms with Crippen molar-refractivity contribution >= 4 is 21.5 Å². The van der Waals surface area contributed by atoms with E-state index in [2.05, 4.69) is 0 Å². The number of alkyl halides is 6. The molecule has 2 atom stereocenters. The normalized spacial score (nSPS) is 14.6. The average molecular weight is 446 g/mol. The number of benzene rings is 4. The first-order valence-electron chi connectivity index (χ1n) is 10.2. The fourth-order valence-electron chi connectivity index (χ4n) is 4.36. The molecule has 4 aromatic rings. The van der Waals surface area contributed by atoms with E-state index in [1.165, 1.54) is 12.1 Å². The molecule has 0 aromatic heterocycles. The van der Waals surface area contributed by atoms with Gasteiger partial charge in [0, 0.05) is 0 Å². The molecule has 0 saturated heterocycles. The molecule has 0 aliphatic heterocycles. The Morgan fingerprint density at radius 2 is 0.812 bits per heavy atom. The minimum atomic E-state index is -4.61. The van der Waals surface area contributed by atoms with Crippen LogP contribution >= 0.6 is 0 Å². The zero-order valence-electron chi connectivity index (χ0n) is 16.9. The summed E-state index contributed by atoms with van der Waals surface area (Å²) in [5.41, 5.74) is 0.506. The fraction of sp³-hybridized carbons (Fsp3) is 0.231. The van der Waals surface area contributed by atoms with Crippen LogP contribution < -0.4 is 0 Å². The molecule has 0 aliphatic carbocycles. The van der Waals surface area contributed by atoms with Gasteiger partial charge in [0.1, 0.15) is 0 Å². The highest BCUT2D eigenvalue weighted by atomic mass is 19.4. The van der Waals surface area contributed by atoms with Gasteiger partial charge < -0.3 is 0 Å². The number of rotatable bonds is 5. The van der Waals surface area contributed by atoms with Gasteiger partial charge in [0.15, 0.2) is 0 Å². The molecule has 0 fully saturated rings. The van der Waals surface area contributed by atoms with E-state index in [9.17, 15) is 26.3 Å². The van der Waals surface area contributed by atoms with Gasteiger partial charge in [-0.05, 0) is 44.5 Å². The summed E-state index contributed by atoms with van der Waals surface area (Å²) in [6.45, 7) is 0. The molecule has 0 spiro atoms. The van der Waals surface area contributed by atoms with Crippen LogP contribution in [0, 0.1) is 0 Å². The zero-order chi connectivity index (χ0) is 22.9. The van der Waals surface area contributed by atoms with E-state index in [0.29, 0.717) is 10.8 Å². The number of fused-ring (bicyclic) bond motifs is 2. The van der Waals surface area contributed by atoms with Gasteiger partial charge in [0.25, 0.3) is 0 Å². The Hall–Kier alpha value is -3.02. The summed E-state index contributed by atoms with van der Waals surface area (Å²) in [7, 11) is 0. The second-order valence-corrected chi connectivity index (χ2v) is 8.06. The Morgan fingerprint density at radius 1 is 0.469 bits per heavy atom. The lowest BCUT2D eigenvalue weighted by molar-refractivity contribution is -0.154. The van der Waals surface area contributed by atoms with Crippen LogP contribution in [0.3, 0.4) is 0 Å². The highest BCUT2D eigenvalue weighted by Crippen LogP contribution is 2.47. The lowest BCUT2D eigenvalue weighted by atomic mass is 9.76. The van der Waals surface area contributed by atoms with Crippen LogP contribution in [0.4, 0.5) is 26.3 Å². The van der Waals surface area contributed by atoms with Gasteiger partial charge in [-0.25, -0.2) is 0 Å². The molecule has 4 aromatic carbocycles. The van der Waals surface area contributed by atoms with Crippen molar-refractivity contribution in [2.45, 2.75) is 37.0 Å². The molecule has 0 heterocycles. The summed E-state index contributed by atoms with van der Waals surface area (Å²) in [6, 6.07) is 23.8. The van der Waals surface area contributed by atoms with E-state index in [1.54, 1.807) is 60.7 Å². The quantitative estimate of drug-likeness (QED) is 0.269. The van der Waals surface area contributed by atoms with E-state index in [4.69, 9.17) is 0 Å². The largest absolute Gasteiger partial charge is 0.389 e. The van der Waals surface area contributed by atoms with Crippen molar-refractivity contribution in [2.75, 3.05) is 0 Å². The Morgan fingerprint density at radius 3 is 1.16 bits per heavy atom. The second-order valence-electron chi connectivity index (χ2n) is 8.06. The minimum Gasteiger partial charge on any atom is -0.171 e. The van der Waals surface area contributed by atoms with Crippen LogP contribution in [0.2, 0.25) is 0 Å². The fourth-order valence-corrected chi connectivity index (χ4v) is 4.36. The molecule has 166 valence electrons. The van der Waals surface area contributed by atoms with E-state index in [1.807, 2.05) is 12.1 Å². The monoisotopic (exact) mass is 446 g/mol. The van der Waals surface area contributed by atoms with Gasteiger partial charge in [-0.3, -0.25) is 0 Å². The third-order valence-electron chi connectivity index (χ3n) is 5.79. The minimum absolute atomic E-state index is 0.253. The summed E-state index contributed by atoms with van der Waals surface area (Å²) in [6.07, 6.45) is -11.9. The standard InChI is InChI=1S/C26H20F6/c27-25(28,29)15-23(21-11-9-17-5-1-3-7-19(17)13-21)24(16-26(30,31)32)22-12-10-18-6-2-4-8-20(18)14-22/h1-14,23-24H,15-16H2. The molecule has 0 nitrogen and oxygen atoms in total. The van der Waals surface area contributed by atoms with Crippen molar-refractivity contribution in [2.24, 2.45) is 0 Å². The molecule has 0 aliphatic rings. The number of hydrogen-bond donors (Lipinski definition) is 0. The first kappa shape index (κ1) is 22.2. The van der Waals surface area contributed by atoms with Gasteiger partial charge in [0.05, 0.1) is 12.8 Å². The zero-order valence-corrected chi connectivity index (χ0v) is 16.9. The molecule has 0 bridgehead atoms. The molecular weight excluding hydrogens is 426 g/mol. The summed E-state index contributed by atoms with van der Waals surface area (Å²) in [5.74, 6) is -2.75. The van der Waals surface area contributed by atoms with Gasteiger partial charge in [0.2, 0.25) is 0 Å². The second kappa shape index (κ2) is 8.49. The smallest absolute Gasteiger partial charge is 0.171 e. The Balaban J connectivity index is 1.86. The Labute approximate surface area is 181 Å². The van der Waals surface area contributed by atoms with Crippen LogP contribution in [0.5, 0.6) is 0 Å². The lowest BCUT2D eigenvalue weighted by Gasteiger charge is -2.30. The summed E-state index contributed by atoms with van der Waals surface area (Å²) in [5, 5.41) is 3.03. The van der Waals surface area contributed by atoms with E-state index < -0.39 is 37.0 Å². The third-order valence-corrected chi connectivity index (χ3v) is 5.79. The van der Waals surface area contributed by atoms with Gasteiger partial charge in [-0.1, -0.05) is 84.9 Å². The molecule has 0 amide bonds. The van der Waals surface area contributed by atoms with Crippen LogP contribution in [-0.4, -0.2) is 12.4 Å². The molecule has 0 saturated carbocycles. The highest BCUT2D eigenvalue weighted by Gasteiger charge is 2.42. The summed E-state index contributed by atoms with van der Waals surface area (Å²) >= 11 is 0. The Kier molecular flexibility index (Phi) is 5.89. The summed E-state index contributed by atoms with van der Waals surface area (Å²) < 4.78 is 81.5. The van der Waals surface area contributed by atoms with Crippen LogP contribution in [0.1, 0.15) is 35.8 Å². The summed E-state index contributed by atoms with van der Waals surface area (Å²) in [4.78, 5) is 0. The maximum atomic E-state index is 13.6. The van der Waals surface area contributed by atoms with Crippen molar-refractivity contribution in [3.63, 3.8) is 0 Å². The topological polar surface area (TPSA) is 0 Å². The molecule has 2 unspecified atom stereocenters. The predicted molar refractivity (Wildman–Crippen MR) is 115 cm³/mol. The van der Waals surface area contributed by atoms with Crippen molar-refractivity contribution in [1.82, 2.24) is 0 Å². The van der Waals surface area contributed by atoms with Crippen molar-refractivity contribution in [3.8, 4) is 0 Å². The van der Waals surface area contributed by atoms with Gasteiger partial charge >= 0.3 is 12.4 Å². The maximum absolute atomic E-state index is 13.6. The van der Waals surface area contributed by atoms with Crippen molar-refractivity contribution in [3.05, 3.63) is 96.1 Å². The SMILES string of the molecule is FC(F)(F)CC(c1ccc2ccccc2c1)C(CC(F)(F)F)c1ccc2ccccc2c1. The predicted octanol–water partition coefficient (Wildman–Crippen LogP) is 8.77. The van der Waals surface area contributed by atoms with Crippen LogP contribution in [0.15, 0.2) is 84.9 Å². The molecule has 32 heavy (non-hydrogen) atoms. The first-order valence-corrected chi connectivity index (χ1v) is 10.2. The average Bonchev–Trinajstić information content (AvgIpc) is 2.74. The molecule has 0 radical (unpaired) electrons. The highest BCUT2D eigenvalue weighted by molar-refractivity contribution is 5.84. The van der Waals surface area contributed by atoms with Gasteiger partial charge in [-0.15, -0.1) is 0 Å². The lowest BCUT2D eigenvalue weighted by Crippen LogP contribution is -2.24. The molecule has 4 rings (SSSR count). The molecule has 6 heteroatoms. The van der Waals surface area contributed by atoms with Crippen molar-refractivity contribution < 1.29 is 26.3 Å². The van der Waals surface area contributed by atoms with Crippen LogP contribution in [0.25, 0.3) is 21.5 Å². The van der Waals surface area contributed by atoms with Gasteiger partial charge in [-0.2, -0.15) is 26.3 Å². The third kappa shape index (κ3) is 5.23. The van der Waals surface area contributed by atoms with Crippen molar-refractivity contribution in [1.29, 1.82) is 0 Å². The van der Waals surface area contributed by atoms with E-state index in [0.717, 1.165) is 10.8 Å². The molecule has 0 N–H and O–H groups in total. The maximum Gasteiger partial charge on any atom is 0.389 e. The Bertz CT molecular complexity index is 1120.